The normalized spacial score (nSPS) is 13.6. The molecule has 0 aliphatic rings. The SMILES string of the molecule is CCC(C)(NC(=O)c1cc(Cl)c(N)c(C=NOC)c1)C(=O)CBr. The molecule has 3 N–H and O–H groups in total. The van der Waals surface area contributed by atoms with Crippen LogP contribution in [0.25, 0.3) is 0 Å². The first-order valence-electron chi connectivity index (χ1n) is 6.86. The number of hydrogen-bond acceptors (Lipinski definition) is 5. The molecule has 1 rings (SSSR count). The molecule has 0 spiro atoms. The van der Waals surface area contributed by atoms with E-state index >= 15 is 0 Å². The van der Waals surface area contributed by atoms with Crippen LogP contribution in [0.3, 0.4) is 0 Å². The van der Waals surface area contributed by atoms with E-state index in [9.17, 15) is 9.59 Å². The molecule has 0 bridgehead atoms. The molecule has 0 aliphatic carbocycles. The number of halogens is 2. The van der Waals surface area contributed by atoms with Crippen LogP contribution in [0, 0.1) is 0 Å². The zero-order valence-corrected chi connectivity index (χ0v) is 15.5. The van der Waals surface area contributed by atoms with Gasteiger partial charge in [0.05, 0.1) is 27.8 Å². The maximum Gasteiger partial charge on any atom is 0.252 e. The summed E-state index contributed by atoms with van der Waals surface area (Å²) in [4.78, 5) is 29.1. The second-order valence-electron chi connectivity index (χ2n) is 5.07. The number of nitrogen functional groups attached to an aromatic ring is 1. The molecule has 0 aromatic heterocycles. The highest BCUT2D eigenvalue weighted by molar-refractivity contribution is 9.09. The number of carbonyl (C=O) groups excluding carboxylic acids is 2. The molecule has 0 fully saturated rings. The Morgan fingerprint density at radius 2 is 2.17 bits per heavy atom. The van der Waals surface area contributed by atoms with Gasteiger partial charge >= 0.3 is 0 Å². The van der Waals surface area contributed by atoms with Crippen molar-refractivity contribution in [3.8, 4) is 0 Å². The van der Waals surface area contributed by atoms with E-state index in [-0.39, 0.29) is 21.7 Å². The summed E-state index contributed by atoms with van der Waals surface area (Å²) in [6, 6.07) is 2.98. The summed E-state index contributed by atoms with van der Waals surface area (Å²) in [5.74, 6) is -0.534. The Kier molecular flexibility index (Phi) is 7.02. The maximum absolute atomic E-state index is 12.5. The minimum absolute atomic E-state index is 0.115. The Hall–Kier alpha value is -1.60. The first-order chi connectivity index (χ1) is 10.8. The molecule has 126 valence electrons. The van der Waals surface area contributed by atoms with Crippen LogP contribution < -0.4 is 11.1 Å². The number of nitrogens with zero attached hydrogens (tertiary/aromatic N) is 1. The number of benzene rings is 1. The molecular weight excluding hydrogens is 386 g/mol. The standard InChI is InChI=1S/C15H19BrClN3O3/c1-4-15(2,12(21)7-16)20-14(22)9-5-10(8-19-23-3)13(18)11(17)6-9/h5-6,8H,4,7,18H2,1-3H3,(H,20,22). The lowest BCUT2D eigenvalue weighted by atomic mass is 9.93. The molecule has 1 amide bonds. The number of anilines is 1. The van der Waals surface area contributed by atoms with Gasteiger partial charge in [-0.2, -0.15) is 0 Å². The van der Waals surface area contributed by atoms with Gasteiger partial charge in [-0.3, -0.25) is 9.59 Å². The number of nitrogens with one attached hydrogen (secondary N) is 1. The fourth-order valence-electron chi connectivity index (χ4n) is 1.81. The van der Waals surface area contributed by atoms with Crippen molar-refractivity contribution in [3.05, 3.63) is 28.3 Å². The zero-order chi connectivity index (χ0) is 17.6. The third-order valence-electron chi connectivity index (χ3n) is 3.55. The quantitative estimate of drug-likeness (QED) is 0.316. The van der Waals surface area contributed by atoms with Crippen molar-refractivity contribution in [2.24, 2.45) is 5.16 Å². The van der Waals surface area contributed by atoms with E-state index in [4.69, 9.17) is 17.3 Å². The van der Waals surface area contributed by atoms with Crippen LogP contribution >= 0.6 is 27.5 Å². The van der Waals surface area contributed by atoms with Crippen molar-refractivity contribution in [2.45, 2.75) is 25.8 Å². The highest BCUT2D eigenvalue weighted by Crippen LogP contribution is 2.25. The fraction of sp³-hybridized carbons (Fsp3) is 0.400. The molecule has 0 radical (unpaired) electrons. The van der Waals surface area contributed by atoms with Gasteiger partial charge in [0.1, 0.15) is 7.11 Å². The second kappa shape index (κ2) is 8.31. The number of Topliss-reactive ketones (excluding diaryl/α,β-unsaturated/α-hetero) is 1. The summed E-state index contributed by atoms with van der Waals surface area (Å²) in [5.41, 5.74) is 5.91. The van der Waals surface area contributed by atoms with Crippen LogP contribution in [0.4, 0.5) is 5.69 Å². The molecular formula is C15H19BrClN3O3. The minimum atomic E-state index is -0.963. The van der Waals surface area contributed by atoms with E-state index < -0.39 is 11.4 Å². The lowest BCUT2D eigenvalue weighted by molar-refractivity contribution is -0.122. The van der Waals surface area contributed by atoms with Crippen LogP contribution in [-0.2, 0) is 9.63 Å². The number of nitrogens with two attached hydrogens (primary N) is 1. The van der Waals surface area contributed by atoms with Gasteiger partial charge in [0, 0.05) is 11.1 Å². The fourth-order valence-corrected chi connectivity index (χ4v) is 2.66. The van der Waals surface area contributed by atoms with Crippen LogP contribution in [0.1, 0.15) is 36.2 Å². The van der Waals surface area contributed by atoms with E-state index in [1.165, 1.54) is 25.5 Å². The Labute approximate surface area is 148 Å². The lowest BCUT2D eigenvalue weighted by Crippen LogP contribution is -2.52. The van der Waals surface area contributed by atoms with Gasteiger partial charge in [0.15, 0.2) is 5.78 Å². The average Bonchev–Trinajstić information content (AvgIpc) is 2.54. The van der Waals surface area contributed by atoms with Gasteiger partial charge in [-0.25, -0.2) is 0 Å². The Bertz CT molecular complexity index is 637. The highest BCUT2D eigenvalue weighted by atomic mass is 79.9. The van der Waals surface area contributed by atoms with Crippen molar-refractivity contribution in [2.75, 3.05) is 18.2 Å². The number of carbonyl (C=O) groups is 2. The van der Waals surface area contributed by atoms with Crippen LogP contribution in [0.5, 0.6) is 0 Å². The molecule has 0 saturated carbocycles. The Morgan fingerprint density at radius 3 is 2.70 bits per heavy atom. The summed E-state index contributed by atoms with van der Waals surface area (Å²) in [6.07, 6.45) is 1.82. The Balaban J connectivity index is 3.15. The van der Waals surface area contributed by atoms with Gasteiger partial charge in [0.25, 0.3) is 5.91 Å². The van der Waals surface area contributed by atoms with Crippen LogP contribution in [0.15, 0.2) is 17.3 Å². The van der Waals surface area contributed by atoms with Crippen molar-refractivity contribution in [1.29, 1.82) is 0 Å². The van der Waals surface area contributed by atoms with E-state index in [0.717, 1.165) is 0 Å². The summed E-state index contributed by atoms with van der Waals surface area (Å²) in [7, 11) is 1.39. The molecule has 0 saturated heterocycles. The molecule has 0 heterocycles. The van der Waals surface area contributed by atoms with Gasteiger partial charge in [0.2, 0.25) is 0 Å². The van der Waals surface area contributed by atoms with Crippen molar-refractivity contribution in [1.82, 2.24) is 5.32 Å². The number of alkyl halides is 1. The predicted octanol–water partition coefficient (Wildman–Crippen LogP) is 2.77. The van der Waals surface area contributed by atoms with Crippen molar-refractivity contribution >= 4 is 51.1 Å². The monoisotopic (exact) mass is 403 g/mol. The number of hydrogen-bond donors (Lipinski definition) is 2. The maximum atomic E-state index is 12.5. The summed E-state index contributed by atoms with van der Waals surface area (Å²) in [6.45, 7) is 3.51. The van der Waals surface area contributed by atoms with E-state index in [0.29, 0.717) is 17.7 Å². The average molecular weight is 405 g/mol. The first-order valence-corrected chi connectivity index (χ1v) is 8.36. The topological polar surface area (TPSA) is 93.8 Å². The van der Waals surface area contributed by atoms with Gasteiger partial charge in [-0.15, -0.1) is 0 Å². The van der Waals surface area contributed by atoms with E-state index in [2.05, 4.69) is 31.2 Å². The molecule has 0 aliphatic heterocycles. The predicted molar refractivity (Wildman–Crippen MR) is 95.4 cm³/mol. The smallest absolute Gasteiger partial charge is 0.252 e. The number of ketones is 1. The Morgan fingerprint density at radius 1 is 1.52 bits per heavy atom. The van der Waals surface area contributed by atoms with E-state index in [1.54, 1.807) is 6.92 Å². The lowest BCUT2D eigenvalue weighted by Gasteiger charge is -2.27. The largest absolute Gasteiger partial charge is 0.399 e. The molecule has 23 heavy (non-hydrogen) atoms. The molecule has 6 nitrogen and oxygen atoms in total. The van der Waals surface area contributed by atoms with Gasteiger partial charge < -0.3 is 15.9 Å². The van der Waals surface area contributed by atoms with Crippen LogP contribution in [-0.4, -0.2) is 35.9 Å². The molecule has 8 heteroatoms. The second-order valence-corrected chi connectivity index (χ2v) is 6.04. The molecule has 1 aromatic rings. The van der Waals surface area contributed by atoms with Crippen molar-refractivity contribution in [3.63, 3.8) is 0 Å². The summed E-state index contributed by atoms with van der Waals surface area (Å²) in [5, 5.41) is 6.75. The molecule has 1 unspecified atom stereocenters. The highest BCUT2D eigenvalue weighted by Gasteiger charge is 2.32. The summed E-state index contributed by atoms with van der Waals surface area (Å²) >= 11 is 9.18. The molecule has 1 aromatic carbocycles. The van der Waals surface area contributed by atoms with Gasteiger partial charge in [-0.05, 0) is 25.5 Å². The minimum Gasteiger partial charge on any atom is -0.399 e. The number of oxime groups is 1. The third-order valence-corrected chi connectivity index (χ3v) is 4.38. The number of rotatable bonds is 7. The molecule has 1 atom stereocenters. The summed E-state index contributed by atoms with van der Waals surface area (Å²) < 4.78 is 0. The van der Waals surface area contributed by atoms with Crippen LogP contribution in [0.2, 0.25) is 5.02 Å². The van der Waals surface area contributed by atoms with Crippen molar-refractivity contribution < 1.29 is 14.4 Å². The third kappa shape index (κ3) is 4.68. The first kappa shape index (κ1) is 19.4. The van der Waals surface area contributed by atoms with E-state index in [1.807, 2.05) is 6.92 Å². The van der Waals surface area contributed by atoms with Gasteiger partial charge in [-0.1, -0.05) is 39.6 Å². The zero-order valence-electron chi connectivity index (χ0n) is 13.2. The number of amides is 1.